The minimum Gasteiger partial charge on any atom is -0.366 e. The highest BCUT2D eigenvalue weighted by atomic mass is 16.3. The van der Waals surface area contributed by atoms with Crippen LogP contribution in [0, 0.1) is 0 Å². The summed E-state index contributed by atoms with van der Waals surface area (Å²) in [6.45, 7) is 4.25. The van der Waals surface area contributed by atoms with Crippen molar-refractivity contribution < 1.29 is 9.90 Å². The smallest absolute Gasteiger partial charge is 0.257 e. The van der Waals surface area contributed by atoms with Crippen molar-refractivity contribution in [1.29, 1.82) is 0 Å². The van der Waals surface area contributed by atoms with Gasteiger partial charge in [-0.3, -0.25) is 4.79 Å². The second kappa shape index (κ2) is 7.40. The van der Waals surface area contributed by atoms with E-state index in [1.807, 2.05) is 54.6 Å². The maximum atomic E-state index is 13.1. The summed E-state index contributed by atoms with van der Waals surface area (Å²) < 4.78 is 0. The molecule has 0 spiro atoms. The Morgan fingerprint density at radius 3 is 2.40 bits per heavy atom. The summed E-state index contributed by atoms with van der Waals surface area (Å²) >= 11 is 0. The van der Waals surface area contributed by atoms with Crippen LogP contribution in [-0.4, -0.2) is 22.0 Å². The number of carbonyl (C=O) groups is 1. The molecule has 0 unspecified atom stereocenters. The fourth-order valence-electron chi connectivity index (χ4n) is 3.93. The van der Waals surface area contributed by atoms with Crippen molar-refractivity contribution in [3.63, 3.8) is 0 Å². The topological polar surface area (TPSA) is 40.5 Å². The number of amides is 1. The lowest BCUT2D eigenvalue weighted by atomic mass is 9.92. The van der Waals surface area contributed by atoms with Crippen molar-refractivity contribution in [1.82, 2.24) is 4.90 Å². The maximum Gasteiger partial charge on any atom is 0.257 e. The summed E-state index contributed by atoms with van der Waals surface area (Å²) in [6.07, 6.45) is 4.32. The van der Waals surface area contributed by atoms with Crippen molar-refractivity contribution in [2.45, 2.75) is 57.7 Å². The van der Waals surface area contributed by atoms with Crippen LogP contribution in [0.5, 0.6) is 0 Å². The van der Waals surface area contributed by atoms with Crippen LogP contribution in [0.4, 0.5) is 0 Å². The van der Waals surface area contributed by atoms with Crippen molar-refractivity contribution in [2.24, 2.45) is 0 Å². The summed E-state index contributed by atoms with van der Waals surface area (Å²) in [4.78, 5) is 14.9. The third-order valence-electron chi connectivity index (χ3n) is 5.23. The van der Waals surface area contributed by atoms with Gasteiger partial charge in [-0.25, -0.2) is 0 Å². The molecule has 3 nitrogen and oxygen atoms in total. The van der Waals surface area contributed by atoms with Crippen LogP contribution in [0.2, 0.25) is 0 Å². The van der Waals surface area contributed by atoms with Gasteiger partial charge in [-0.2, -0.15) is 0 Å². The van der Waals surface area contributed by atoms with Gasteiger partial charge in [0, 0.05) is 23.6 Å². The molecule has 3 heteroatoms. The van der Waals surface area contributed by atoms with Crippen LogP contribution in [0.1, 0.15) is 61.0 Å². The number of benzene rings is 2. The Kier molecular flexibility index (Phi) is 5.24. The SMILES string of the molecule is CCCC[C@@H](CC)N1C(=O)c2ccccc2[C@]1(O)Cc1ccccc1. The molecule has 0 bridgehead atoms. The number of hydrogen-bond donors (Lipinski definition) is 1. The van der Waals surface area contributed by atoms with Crippen LogP contribution >= 0.6 is 0 Å². The first-order valence-corrected chi connectivity index (χ1v) is 9.31. The average molecular weight is 337 g/mol. The fraction of sp³-hybridized carbons (Fsp3) is 0.409. The minimum atomic E-state index is -1.27. The zero-order valence-corrected chi connectivity index (χ0v) is 15.1. The molecule has 25 heavy (non-hydrogen) atoms. The van der Waals surface area contributed by atoms with Crippen LogP contribution in [-0.2, 0) is 12.1 Å². The Morgan fingerprint density at radius 1 is 1.04 bits per heavy atom. The first kappa shape index (κ1) is 17.7. The summed E-state index contributed by atoms with van der Waals surface area (Å²) in [7, 11) is 0. The molecule has 1 aliphatic rings. The predicted molar refractivity (Wildman–Crippen MR) is 100 cm³/mol. The maximum absolute atomic E-state index is 13.1. The van der Waals surface area contributed by atoms with E-state index in [0.717, 1.165) is 36.8 Å². The highest BCUT2D eigenvalue weighted by Gasteiger charge is 2.50. The van der Waals surface area contributed by atoms with E-state index in [1.165, 1.54) is 0 Å². The molecule has 1 aliphatic heterocycles. The van der Waals surface area contributed by atoms with E-state index < -0.39 is 5.72 Å². The van der Waals surface area contributed by atoms with E-state index in [-0.39, 0.29) is 11.9 Å². The molecule has 0 saturated carbocycles. The van der Waals surface area contributed by atoms with E-state index in [1.54, 1.807) is 4.90 Å². The normalized spacial score (nSPS) is 20.6. The fourth-order valence-corrected chi connectivity index (χ4v) is 3.93. The van der Waals surface area contributed by atoms with E-state index >= 15 is 0 Å². The van der Waals surface area contributed by atoms with Crippen molar-refractivity contribution in [3.05, 3.63) is 71.3 Å². The third kappa shape index (κ3) is 3.21. The van der Waals surface area contributed by atoms with E-state index in [0.29, 0.717) is 12.0 Å². The highest BCUT2D eigenvalue weighted by Crippen LogP contribution is 2.42. The average Bonchev–Trinajstić information content (AvgIpc) is 2.85. The molecule has 0 saturated heterocycles. The van der Waals surface area contributed by atoms with Gasteiger partial charge in [0.1, 0.15) is 0 Å². The Balaban J connectivity index is 2.04. The summed E-state index contributed by atoms with van der Waals surface area (Å²) in [5.74, 6) is -0.0445. The molecule has 132 valence electrons. The third-order valence-corrected chi connectivity index (χ3v) is 5.23. The highest BCUT2D eigenvalue weighted by molar-refractivity contribution is 6.00. The van der Waals surface area contributed by atoms with Gasteiger partial charge >= 0.3 is 0 Å². The summed E-state index contributed by atoms with van der Waals surface area (Å²) in [5, 5.41) is 11.7. The second-order valence-corrected chi connectivity index (χ2v) is 6.90. The number of carbonyl (C=O) groups excluding carboxylic acids is 1. The quantitative estimate of drug-likeness (QED) is 0.808. The van der Waals surface area contributed by atoms with Crippen LogP contribution in [0.25, 0.3) is 0 Å². The first-order chi connectivity index (χ1) is 12.1. The second-order valence-electron chi connectivity index (χ2n) is 6.90. The molecule has 0 fully saturated rings. The molecule has 2 aromatic carbocycles. The van der Waals surface area contributed by atoms with E-state index in [4.69, 9.17) is 0 Å². The van der Waals surface area contributed by atoms with Gasteiger partial charge in [0.05, 0.1) is 0 Å². The molecule has 1 amide bonds. The molecule has 0 radical (unpaired) electrons. The molecule has 1 N–H and O–H groups in total. The molecule has 0 aromatic heterocycles. The molecule has 1 heterocycles. The van der Waals surface area contributed by atoms with Gasteiger partial charge in [-0.15, -0.1) is 0 Å². The number of unbranched alkanes of at least 4 members (excludes halogenated alkanes) is 1. The summed E-state index contributed by atoms with van der Waals surface area (Å²) in [6, 6.07) is 17.5. The van der Waals surface area contributed by atoms with Gasteiger partial charge in [-0.1, -0.05) is 75.2 Å². The summed E-state index contributed by atoms with van der Waals surface area (Å²) in [5.41, 5.74) is 1.13. The lowest BCUT2D eigenvalue weighted by molar-refractivity contribution is -0.104. The largest absolute Gasteiger partial charge is 0.366 e. The first-order valence-electron chi connectivity index (χ1n) is 9.31. The molecular formula is C22H27NO2. The molecular weight excluding hydrogens is 310 g/mol. The number of fused-ring (bicyclic) bond motifs is 1. The lowest BCUT2D eigenvalue weighted by Gasteiger charge is -2.40. The van der Waals surface area contributed by atoms with Crippen molar-refractivity contribution in [2.75, 3.05) is 0 Å². The molecule has 3 rings (SSSR count). The molecule has 2 atom stereocenters. The molecule has 0 aliphatic carbocycles. The standard InChI is InChI=1S/C22H27NO2/c1-3-5-13-18(4-2)23-21(24)19-14-9-10-15-20(19)22(23,25)16-17-11-7-6-8-12-17/h6-12,14-15,18,25H,3-5,13,16H2,1-2H3/t18-,22-/m1/s1. The zero-order chi connectivity index (χ0) is 17.9. The monoisotopic (exact) mass is 337 g/mol. The van der Waals surface area contributed by atoms with E-state index in [2.05, 4.69) is 13.8 Å². The number of nitrogens with zero attached hydrogens (tertiary/aromatic N) is 1. The molecule has 2 aromatic rings. The van der Waals surface area contributed by atoms with Gasteiger partial charge in [-0.05, 0) is 24.5 Å². The van der Waals surface area contributed by atoms with Gasteiger partial charge in [0.15, 0.2) is 5.72 Å². The Hall–Kier alpha value is -2.13. The zero-order valence-electron chi connectivity index (χ0n) is 15.1. The Bertz CT molecular complexity index is 728. The minimum absolute atomic E-state index is 0.0445. The van der Waals surface area contributed by atoms with Crippen LogP contribution in [0.3, 0.4) is 0 Å². The van der Waals surface area contributed by atoms with Crippen molar-refractivity contribution in [3.8, 4) is 0 Å². The lowest BCUT2D eigenvalue weighted by Crippen LogP contribution is -2.51. The van der Waals surface area contributed by atoms with Crippen LogP contribution < -0.4 is 0 Å². The number of hydrogen-bond acceptors (Lipinski definition) is 2. The Labute approximate surface area is 150 Å². The van der Waals surface area contributed by atoms with Gasteiger partial charge < -0.3 is 10.0 Å². The van der Waals surface area contributed by atoms with E-state index in [9.17, 15) is 9.90 Å². The number of aliphatic hydroxyl groups is 1. The van der Waals surface area contributed by atoms with Crippen molar-refractivity contribution >= 4 is 5.91 Å². The predicted octanol–water partition coefficient (Wildman–Crippen LogP) is 4.50. The van der Waals surface area contributed by atoms with Crippen LogP contribution in [0.15, 0.2) is 54.6 Å². The van der Waals surface area contributed by atoms with Gasteiger partial charge in [0.25, 0.3) is 5.91 Å². The number of rotatable bonds is 7. The van der Waals surface area contributed by atoms with Gasteiger partial charge in [0.2, 0.25) is 0 Å². The Morgan fingerprint density at radius 2 is 1.72 bits per heavy atom.